The van der Waals surface area contributed by atoms with Gasteiger partial charge >= 0.3 is 0 Å². The third kappa shape index (κ3) is 8.21. The number of benzene rings is 4. The smallest absolute Gasteiger partial charge is 0.234 e. The van der Waals surface area contributed by atoms with Gasteiger partial charge in [-0.3, -0.25) is 9.89 Å². The van der Waals surface area contributed by atoms with Gasteiger partial charge in [-0.1, -0.05) is 87.3 Å². The van der Waals surface area contributed by atoms with E-state index >= 15 is 0 Å². The fourth-order valence-electron chi connectivity index (χ4n) is 9.58. The lowest BCUT2D eigenvalue weighted by Crippen LogP contribution is -2.32. The number of nitrogens with zero attached hydrogens (tertiary/aromatic N) is 9. The van der Waals surface area contributed by atoms with Gasteiger partial charge < -0.3 is 9.80 Å². The van der Waals surface area contributed by atoms with Crippen LogP contribution in [0.3, 0.4) is 0 Å². The molecule has 2 aliphatic rings. The molecule has 13 heteroatoms. The Morgan fingerprint density at radius 1 is 0.621 bits per heavy atom. The number of aromatic amines is 1. The van der Waals surface area contributed by atoms with Crippen LogP contribution in [-0.2, 0) is 30.7 Å². The minimum atomic E-state index is 0.476. The van der Waals surface area contributed by atoms with Crippen LogP contribution in [0.5, 0.6) is 0 Å². The molecular formula is C53H56Cl2N10O. The summed E-state index contributed by atoms with van der Waals surface area (Å²) in [5, 5.41) is 14.9. The lowest BCUT2D eigenvalue weighted by atomic mass is 9.98. The molecule has 0 saturated carbocycles. The van der Waals surface area contributed by atoms with Crippen LogP contribution in [0.15, 0.2) is 60.7 Å². The van der Waals surface area contributed by atoms with E-state index in [9.17, 15) is 4.79 Å². The van der Waals surface area contributed by atoms with Gasteiger partial charge in [0.2, 0.25) is 6.41 Å². The van der Waals surface area contributed by atoms with Gasteiger partial charge in [0, 0.05) is 89.1 Å². The van der Waals surface area contributed by atoms with Gasteiger partial charge in [-0.05, 0) is 111 Å². The summed E-state index contributed by atoms with van der Waals surface area (Å²) < 4.78 is 1.36. The van der Waals surface area contributed by atoms with E-state index in [0.29, 0.717) is 40.3 Å². The highest BCUT2D eigenvalue weighted by atomic mass is 35.5. The molecule has 0 radical (unpaired) electrons. The highest BCUT2D eigenvalue weighted by Crippen LogP contribution is 2.38. The molecule has 0 saturated heterocycles. The summed E-state index contributed by atoms with van der Waals surface area (Å²) in [7, 11) is 0. The van der Waals surface area contributed by atoms with Crippen LogP contribution in [0, 0.1) is 41.5 Å². The third-order valence-corrected chi connectivity index (χ3v) is 14.0. The molecule has 338 valence electrons. The third-order valence-electron chi connectivity index (χ3n) is 13.4. The number of hydrogen-bond acceptors (Lipinski definition) is 9. The maximum absolute atomic E-state index is 11.5. The van der Waals surface area contributed by atoms with Crippen LogP contribution in [0.25, 0.3) is 44.6 Å². The largest absolute Gasteiger partial charge is 0.366 e. The Labute approximate surface area is 396 Å². The highest BCUT2D eigenvalue weighted by molar-refractivity contribution is 6.30. The molecule has 11 nitrogen and oxygen atoms in total. The van der Waals surface area contributed by atoms with Crippen molar-refractivity contribution in [1.82, 2.24) is 39.9 Å². The standard InChI is InChI=1S/C27H28ClN5O.C26H28ClN5/c1-15(2)19-8-6-16(3)23(12-19)32-11-10-21-20(13-32)26(28)30-27(29-21)24-17(4)7-9-22-25(24)18(5)31-33(22)14-34;1-14(2)18-8-6-15(3)22(12-18)32-11-10-20-19(13-32)25(27)29-26(28-20)23-16(4)7-9-21-24(23)17(5)30-31-21/h6-9,12,14-15H,10-11,13H2,1-5H3;6-9,12,14H,10-11,13H2,1-5H3,(H,30,31). The average molecular weight is 920 g/mol. The number of nitrogens with one attached hydrogen (secondary N) is 1. The predicted octanol–water partition coefficient (Wildman–Crippen LogP) is 12.1. The fourth-order valence-corrected chi connectivity index (χ4v) is 10.1. The molecule has 1 N–H and O–H groups in total. The van der Waals surface area contributed by atoms with Crippen LogP contribution in [0.2, 0.25) is 10.3 Å². The van der Waals surface area contributed by atoms with Crippen molar-refractivity contribution in [3.05, 3.63) is 138 Å². The molecule has 0 bridgehead atoms. The van der Waals surface area contributed by atoms with Crippen molar-refractivity contribution in [3.63, 3.8) is 0 Å². The van der Waals surface area contributed by atoms with E-state index in [4.69, 9.17) is 43.1 Å². The second-order valence-corrected chi connectivity index (χ2v) is 19.3. The Bertz CT molecular complexity index is 3200. The number of anilines is 2. The number of halogens is 2. The van der Waals surface area contributed by atoms with Gasteiger partial charge in [0.25, 0.3) is 0 Å². The fraction of sp³-hybridized carbons (Fsp3) is 0.340. The molecule has 66 heavy (non-hydrogen) atoms. The SMILES string of the molecule is Cc1ccc(C(C)C)cc1N1CCc2nc(-c3c(C)ccc4c3c(C)nn4C=O)nc(Cl)c2C1.Cc1ccc(C(C)C)cc1N1CCc2nc(-c3c(C)ccc4n[nH]c(C)c34)nc(Cl)c2C1. The number of rotatable bonds is 7. The summed E-state index contributed by atoms with van der Waals surface area (Å²) in [6, 6.07) is 21.5. The van der Waals surface area contributed by atoms with Crippen molar-refractivity contribution in [2.24, 2.45) is 0 Å². The molecule has 8 aromatic rings. The van der Waals surface area contributed by atoms with Gasteiger partial charge in [-0.25, -0.2) is 24.6 Å². The Kier molecular flexibility index (Phi) is 12.2. The number of carbonyl (C=O) groups is 1. The highest BCUT2D eigenvalue weighted by Gasteiger charge is 2.27. The van der Waals surface area contributed by atoms with E-state index in [1.54, 1.807) is 0 Å². The molecule has 0 amide bonds. The number of aromatic nitrogens is 8. The molecule has 0 atom stereocenters. The molecule has 0 fully saturated rings. The van der Waals surface area contributed by atoms with Gasteiger partial charge in [-0.15, -0.1) is 0 Å². The van der Waals surface area contributed by atoms with E-state index in [1.807, 2.05) is 39.0 Å². The summed E-state index contributed by atoms with van der Waals surface area (Å²) in [4.78, 5) is 35.8. The first-order chi connectivity index (χ1) is 31.6. The maximum Gasteiger partial charge on any atom is 0.234 e. The Hall–Kier alpha value is -6.17. The topological polar surface area (TPSA) is 122 Å². The summed E-state index contributed by atoms with van der Waals surface area (Å²) in [5.74, 6) is 2.25. The first kappa shape index (κ1) is 45.0. The molecule has 10 rings (SSSR count). The van der Waals surface area contributed by atoms with Crippen molar-refractivity contribution < 1.29 is 4.79 Å². The lowest BCUT2D eigenvalue weighted by molar-refractivity contribution is 0.542. The van der Waals surface area contributed by atoms with Crippen LogP contribution in [0.1, 0.15) is 107 Å². The van der Waals surface area contributed by atoms with Crippen LogP contribution < -0.4 is 9.80 Å². The zero-order valence-electron chi connectivity index (χ0n) is 39.4. The molecule has 0 aliphatic carbocycles. The average Bonchev–Trinajstić information content (AvgIpc) is 3.84. The first-order valence-corrected chi connectivity index (χ1v) is 23.6. The van der Waals surface area contributed by atoms with E-state index in [0.717, 1.165) is 117 Å². The molecular weight excluding hydrogens is 864 g/mol. The number of aryl methyl sites for hydroxylation is 6. The zero-order valence-corrected chi connectivity index (χ0v) is 40.9. The van der Waals surface area contributed by atoms with Gasteiger partial charge in [0.15, 0.2) is 11.6 Å². The molecule has 4 aromatic carbocycles. The normalized spacial score (nSPS) is 13.7. The Morgan fingerprint density at radius 2 is 1.11 bits per heavy atom. The minimum Gasteiger partial charge on any atom is -0.366 e. The van der Waals surface area contributed by atoms with Gasteiger partial charge in [-0.2, -0.15) is 10.2 Å². The van der Waals surface area contributed by atoms with Crippen LogP contribution in [-0.4, -0.2) is 59.4 Å². The van der Waals surface area contributed by atoms with Gasteiger partial charge in [0.1, 0.15) is 10.3 Å². The minimum absolute atomic E-state index is 0.476. The van der Waals surface area contributed by atoms with Crippen LogP contribution >= 0.6 is 23.2 Å². The first-order valence-electron chi connectivity index (χ1n) is 22.8. The zero-order chi connectivity index (χ0) is 46.7. The second kappa shape index (κ2) is 17.9. The summed E-state index contributed by atoms with van der Waals surface area (Å²) in [5.41, 5.74) is 19.3. The molecule has 6 heterocycles. The number of hydrogen-bond donors (Lipinski definition) is 1. The number of carbonyl (C=O) groups excluding carboxylic acids is 1. The van der Waals surface area contributed by atoms with E-state index in [1.165, 1.54) is 38.3 Å². The van der Waals surface area contributed by atoms with E-state index in [2.05, 4.69) is 116 Å². The lowest BCUT2D eigenvalue weighted by Gasteiger charge is -2.32. The Balaban J connectivity index is 0.000000166. The summed E-state index contributed by atoms with van der Waals surface area (Å²) in [6.45, 7) is 24.5. The van der Waals surface area contributed by atoms with E-state index < -0.39 is 0 Å². The van der Waals surface area contributed by atoms with Crippen molar-refractivity contribution in [2.45, 2.75) is 107 Å². The van der Waals surface area contributed by atoms with E-state index in [-0.39, 0.29) is 0 Å². The molecule has 0 unspecified atom stereocenters. The second-order valence-electron chi connectivity index (χ2n) is 18.6. The summed E-state index contributed by atoms with van der Waals surface area (Å²) >= 11 is 13.6. The van der Waals surface area contributed by atoms with Crippen molar-refractivity contribution in [3.8, 4) is 22.8 Å². The number of fused-ring (bicyclic) bond motifs is 4. The molecule has 0 spiro atoms. The van der Waals surface area contributed by atoms with Crippen molar-refractivity contribution in [2.75, 3.05) is 22.9 Å². The maximum atomic E-state index is 11.5. The van der Waals surface area contributed by atoms with Crippen LogP contribution in [0.4, 0.5) is 11.4 Å². The molecule has 4 aromatic heterocycles. The number of H-pyrrole nitrogens is 1. The molecule has 2 aliphatic heterocycles. The Morgan fingerprint density at radius 3 is 1.61 bits per heavy atom. The van der Waals surface area contributed by atoms with Crippen molar-refractivity contribution >= 4 is 62.8 Å². The summed E-state index contributed by atoms with van der Waals surface area (Å²) in [6.07, 6.45) is 2.35. The van der Waals surface area contributed by atoms with Gasteiger partial charge in [0.05, 0.1) is 28.1 Å². The monoisotopic (exact) mass is 918 g/mol. The quantitative estimate of drug-likeness (QED) is 0.123. The predicted molar refractivity (Wildman–Crippen MR) is 269 cm³/mol. The van der Waals surface area contributed by atoms with Crippen molar-refractivity contribution in [1.29, 1.82) is 0 Å².